The highest BCUT2D eigenvalue weighted by Crippen LogP contribution is 2.19. The Hall–Kier alpha value is -1.90. The molecule has 16 heavy (non-hydrogen) atoms. The van der Waals surface area contributed by atoms with Crippen molar-refractivity contribution >= 4 is 5.82 Å². The van der Waals surface area contributed by atoms with Crippen LogP contribution in [-0.2, 0) is 0 Å². The van der Waals surface area contributed by atoms with Crippen LogP contribution in [0.15, 0.2) is 30.6 Å². The molecule has 3 nitrogen and oxygen atoms in total. The Balaban J connectivity index is 2.38. The highest BCUT2D eigenvalue weighted by Gasteiger charge is 2.01. The Morgan fingerprint density at radius 1 is 1.00 bits per heavy atom. The van der Waals surface area contributed by atoms with Crippen LogP contribution < -0.4 is 5.32 Å². The van der Waals surface area contributed by atoms with Gasteiger partial charge in [0.1, 0.15) is 5.82 Å². The third-order valence-electron chi connectivity index (χ3n) is 2.71. The summed E-state index contributed by atoms with van der Waals surface area (Å²) in [4.78, 5) is 8.62. The van der Waals surface area contributed by atoms with Crippen LogP contribution in [0.5, 0.6) is 0 Å². The third kappa shape index (κ3) is 2.03. The number of aromatic nitrogens is 2. The Labute approximate surface area is 95.6 Å². The van der Waals surface area contributed by atoms with Crippen molar-refractivity contribution in [3.8, 4) is 11.3 Å². The molecule has 0 aliphatic rings. The molecular formula is C13H15N3. The molecule has 0 aliphatic carbocycles. The average Bonchev–Trinajstić information content (AvgIpc) is 2.33. The van der Waals surface area contributed by atoms with Crippen molar-refractivity contribution in [2.24, 2.45) is 0 Å². The van der Waals surface area contributed by atoms with Gasteiger partial charge < -0.3 is 5.32 Å². The molecule has 0 spiro atoms. The van der Waals surface area contributed by atoms with Crippen molar-refractivity contribution in [1.29, 1.82) is 0 Å². The van der Waals surface area contributed by atoms with E-state index in [1.807, 2.05) is 7.05 Å². The second kappa shape index (κ2) is 4.31. The molecule has 0 unspecified atom stereocenters. The molecule has 2 rings (SSSR count). The fourth-order valence-corrected chi connectivity index (χ4v) is 1.51. The number of nitrogens with zero attached hydrogens (tertiary/aromatic N) is 2. The van der Waals surface area contributed by atoms with E-state index in [1.54, 1.807) is 12.4 Å². The number of hydrogen-bond acceptors (Lipinski definition) is 3. The number of aryl methyl sites for hydroxylation is 2. The normalized spacial score (nSPS) is 10.2. The minimum Gasteiger partial charge on any atom is -0.372 e. The highest BCUT2D eigenvalue weighted by atomic mass is 15.0. The summed E-state index contributed by atoms with van der Waals surface area (Å²) in [5, 5.41) is 2.95. The Bertz CT molecular complexity index is 489. The van der Waals surface area contributed by atoms with Gasteiger partial charge in [-0.05, 0) is 31.0 Å². The second-order valence-electron chi connectivity index (χ2n) is 3.84. The smallest absolute Gasteiger partial charge is 0.144 e. The zero-order chi connectivity index (χ0) is 11.5. The maximum Gasteiger partial charge on any atom is 0.144 e. The highest BCUT2D eigenvalue weighted by molar-refractivity contribution is 5.60. The quantitative estimate of drug-likeness (QED) is 0.833. The van der Waals surface area contributed by atoms with Crippen molar-refractivity contribution in [2.75, 3.05) is 12.4 Å². The first-order chi connectivity index (χ1) is 7.70. The van der Waals surface area contributed by atoms with Gasteiger partial charge in [-0.1, -0.05) is 12.1 Å². The summed E-state index contributed by atoms with van der Waals surface area (Å²) in [5.41, 5.74) is 4.58. The minimum absolute atomic E-state index is 0.785. The van der Waals surface area contributed by atoms with E-state index >= 15 is 0 Å². The molecule has 0 atom stereocenters. The monoisotopic (exact) mass is 213 g/mol. The Morgan fingerprint density at radius 3 is 2.38 bits per heavy atom. The van der Waals surface area contributed by atoms with E-state index in [0.29, 0.717) is 0 Å². The molecule has 0 bridgehead atoms. The summed E-state index contributed by atoms with van der Waals surface area (Å²) in [6.45, 7) is 4.21. The number of rotatable bonds is 2. The van der Waals surface area contributed by atoms with Crippen molar-refractivity contribution < 1.29 is 0 Å². The van der Waals surface area contributed by atoms with Gasteiger partial charge in [-0.3, -0.25) is 4.98 Å². The van der Waals surface area contributed by atoms with E-state index in [1.165, 1.54) is 11.1 Å². The van der Waals surface area contributed by atoms with Crippen LogP contribution in [0.4, 0.5) is 5.82 Å². The first kappa shape index (κ1) is 10.6. The number of anilines is 1. The van der Waals surface area contributed by atoms with E-state index in [2.05, 4.69) is 47.3 Å². The Kier molecular flexibility index (Phi) is 2.86. The van der Waals surface area contributed by atoms with E-state index in [9.17, 15) is 0 Å². The van der Waals surface area contributed by atoms with Crippen LogP contribution in [0, 0.1) is 13.8 Å². The minimum atomic E-state index is 0.785. The predicted molar refractivity (Wildman–Crippen MR) is 66.5 cm³/mol. The topological polar surface area (TPSA) is 37.8 Å². The van der Waals surface area contributed by atoms with Crippen LogP contribution >= 0.6 is 0 Å². The second-order valence-corrected chi connectivity index (χ2v) is 3.84. The lowest BCUT2D eigenvalue weighted by atomic mass is 10.0. The number of nitrogens with one attached hydrogen (secondary N) is 1. The first-order valence-corrected chi connectivity index (χ1v) is 5.28. The summed E-state index contributed by atoms with van der Waals surface area (Å²) in [6.07, 6.45) is 3.53. The molecule has 0 radical (unpaired) electrons. The lowest BCUT2D eigenvalue weighted by Crippen LogP contribution is -1.94. The van der Waals surface area contributed by atoms with Crippen molar-refractivity contribution in [3.05, 3.63) is 41.7 Å². The molecular weight excluding hydrogens is 198 g/mol. The SMILES string of the molecule is CNc1cnc(-c2ccc(C)c(C)c2)cn1. The lowest BCUT2D eigenvalue weighted by molar-refractivity contribution is 1.19. The molecule has 0 fully saturated rings. The summed E-state index contributed by atoms with van der Waals surface area (Å²) in [6, 6.07) is 6.32. The van der Waals surface area contributed by atoms with E-state index in [4.69, 9.17) is 0 Å². The lowest BCUT2D eigenvalue weighted by Gasteiger charge is -2.05. The van der Waals surface area contributed by atoms with Crippen molar-refractivity contribution in [3.63, 3.8) is 0 Å². The molecule has 1 aromatic heterocycles. The molecule has 1 heterocycles. The summed E-state index contributed by atoms with van der Waals surface area (Å²) >= 11 is 0. The van der Waals surface area contributed by atoms with Gasteiger partial charge in [-0.25, -0.2) is 4.98 Å². The van der Waals surface area contributed by atoms with E-state index < -0.39 is 0 Å². The standard InChI is InChI=1S/C13H15N3/c1-9-4-5-11(6-10(9)2)12-7-16-13(14-3)8-15-12/h4-8H,1-3H3,(H,14,16). The van der Waals surface area contributed by atoms with Crippen LogP contribution in [0.3, 0.4) is 0 Å². The maximum atomic E-state index is 4.37. The average molecular weight is 213 g/mol. The molecule has 0 aliphatic heterocycles. The zero-order valence-corrected chi connectivity index (χ0v) is 9.78. The molecule has 0 amide bonds. The van der Waals surface area contributed by atoms with Gasteiger partial charge in [0.05, 0.1) is 18.1 Å². The maximum absolute atomic E-state index is 4.37. The predicted octanol–water partition coefficient (Wildman–Crippen LogP) is 2.80. The van der Waals surface area contributed by atoms with Crippen molar-refractivity contribution in [2.45, 2.75) is 13.8 Å². The van der Waals surface area contributed by atoms with Gasteiger partial charge in [0.25, 0.3) is 0 Å². The molecule has 82 valence electrons. The summed E-state index contributed by atoms with van der Waals surface area (Å²) in [7, 11) is 1.83. The van der Waals surface area contributed by atoms with Gasteiger partial charge in [0, 0.05) is 12.6 Å². The van der Waals surface area contributed by atoms with Gasteiger partial charge in [0.15, 0.2) is 0 Å². The number of benzene rings is 1. The van der Waals surface area contributed by atoms with Crippen molar-refractivity contribution in [1.82, 2.24) is 9.97 Å². The molecule has 2 aromatic rings. The molecule has 1 aromatic carbocycles. The van der Waals surface area contributed by atoms with Gasteiger partial charge in [0.2, 0.25) is 0 Å². The largest absolute Gasteiger partial charge is 0.372 e. The fraction of sp³-hybridized carbons (Fsp3) is 0.231. The van der Waals surface area contributed by atoms with E-state index in [0.717, 1.165) is 17.1 Å². The Morgan fingerprint density at radius 2 is 1.81 bits per heavy atom. The molecule has 0 saturated carbocycles. The number of hydrogen-bond donors (Lipinski definition) is 1. The summed E-state index contributed by atoms with van der Waals surface area (Å²) in [5.74, 6) is 0.785. The third-order valence-corrected chi connectivity index (χ3v) is 2.71. The van der Waals surface area contributed by atoms with Crippen LogP contribution in [0.2, 0.25) is 0 Å². The van der Waals surface area contributed by atoms with Gasteiger partial charge >= 0.3 is 0 Å². The van der Waals surface area contributed by atoms with Crippen LogP contribution in [0.25, 0.3) is 11.3 Å². The van der Waals surface area contributed by atoms with Gasteiger partial charge in [-0.15, -0.1) is 0 Å². The molecule has 3 heteroatoms. The zero-order valence-electron chi connectivity index (χ0n) is 9.78. The van der Waals surface area contributed by atoms with Crippen LogP contribution in [0.1, 0.15) is 11.1 Å². The van der Waals surface area contributed by atoms with Gasteiger partial charge in [-0.2, -0.15) is 0 Å². The van der Waals surface area contributed by atoms with E-state index in [-0.39, 0.29) is 0 Å². The van der Waals surface area contributed by atoms with Crippen LogP contribution in [-0.4, -0.2) is 17.0 Å². The molecule has 0 saturated heterocycles. The fourth-order valence-electron chi connectivity index (χ4n) is 1.51. The molecule has 1 N–H and O–H groups in total. The summed E-state index contributed by atoms with van der Waals surface area (Å²) < 4.78 is 0. The first-order valence-electron chi connectivity index (χ1n) is 5.28.